The first-order valence-corrected chi connectivity index (χ1v) is 4.73. The molecule has 0 atom stereocenters. The second kappa shape index (κ2) is 3.79. The van der Waals surface area contributed by atoms with Gasteiger partial charge in [0.25, 0.3) is 0 Å². The molecule has 1 aromatic heterocycles. The SMILES string of the molecule is NCc1cccc2[nH]c(CC(F)(F)F)nc12. The lowest BCUT2D eigenvalue weighted by Crippen LogP contribution is -2.12. The van der Waals surface area contributed by atoms with Gasteiger partial charge in [0.05, 0.1) is 11.0 Å². The number of benzene rings is 1. The van der Waals surface area contributed by atoms with Crippen molar-refractivity contribution in [2.24, 2.45) is 5.73 Å². The molecule has 0 spiro atoms. The summed E-state index contributed by atoms with van der Waals surface area (Å²) in [5.41, 5.74) is 7.32. The molecule has 0 aliphatic heterocycles. The molecule has 1 heterocycles. The van der Waals surface area contributed by atoms with Gasteiger partial charge in [-0.1, -0.05) is 12.1 Å². The molecule has 86 valence electrons. The lowest BCUT2D eigenvalue weighted by Gasteiger charge is -2.01. The fourth-order valence-corrected chi connectivity index (χ4v) is 1.58. The first-order valence-electron chi connectivity index (χ1n) is 4.73. The number of hydrogen-bond donors (Lipinski definition) is 2. The van der Waals surface area contributed by atoms with Crippen LogP contribution in [-0.4, -0.2) is 16.1 Å². The van der Waals surface area contributed by atoms with Crippen molar-refractivity contribution in [2.75, 3.05) is 0 Å². The summed E-state index contributed by atoms with van der Waals surface area (Å²) in [6.07, 6.45) is -5.30. The Hall–Kier alpha value is -1.56. The third-order valence-electron chi connectivity index (χ3n) is 2.23. The maximum Gasteiger partial charge on any atom is 0.396 e. The summed E-state index contributed by atoms with van der Waals surface area (Å²) in [6.45, 7) is 0.258. The molecule has 0 aliphatic rings. The minimum Gasteiger partial charge on any atom is -0.342 e. The molecule has 0 bridgehead atoms. The maximum atomic E-state index is 12.2. The largest absolute Gasteiger partial charge is 0.396 e. The van der Waals surface area contributed by atoms with Crippen molar-refractivity contribution in [3.63, 3.8) is 0 Å². The number of hydrogen-bond acceptors (Lipinski definition) is 2. The van der Waals surface area contributed by atoms with Gasteiger partial charge >= 0.3 is 6.18 Å². The van der Waals surface area contributed by atoms with Gasteiger partial charge in [-0.05, 0) is 11.6 Å². The van der Waals surface area contributed by atoms with Crippen LogP contribution in [0.5, 0.6) is 0 Å². The zero-order chi connectivity index (χ0) is 11.8. The molecule has 3 nitrogen and oxygen atoms in total. The lowest BCUT2D eigenvalue weighted by molar-refractivity contribution is -0.128. The van der Waals surface area contributed by atoms with Crippen molar-refractivity contribution in [3.05, 3.63) is 29.6 Å². The van der Waals surface area contributed by atoms with Crippen LogP contribution in [0.4, 0.5) is 13.2 Å². The number of imidazole rings is 1. The third kappa shape index (κ3) is 2.16. The second-order valence-corrected chi connectivity index (χ2v) is 3.49. The highest BCUT2D eigenvalue weighted by Gasteiger charge is 2.29. The highest BCUT2D eigenvalue weighted by molar-refractivity contribution is 5.78. The summed E-state index contributed by atoms with van der Waals surface area (Å²) >= 11 is 0. The van der Waals surface area contributed by atoms with Crippen LogP contribution >= 0.6 is 0 Å². The van der Waals surface area contributed by atoms with Crippen molar-refractivity contribution < 1.29 is 13.2 Å². The van der Waals surface area contributed by atoms with Gasteiger partial charge in [-0.25, -0.2) is 4.98 Å². The zero-order valence-electron chi connectivity index (χ0n) is 8.30. The Balaban J connectivity index is 2.44. The fraction of sp³-hybridized carbons (Fsp3) is 0.300. The van der Waals surface area contributed by atoms with Crippen molar-refractivity contribution in [2.45, 2.75) is 19.1 Å². The van der Waals surface area contributed by atoms with Gasteiger partial charge in [-0.15, -0.1) is 0 Å². The summed E-state index contributed by atoms with van der Waals surface area (Å²) < 4.78 is 36.5. The Morgan fingerprint density at radius 2 is 2.06 bits per heavy atom. The molecular weight excluding hydrogens is 219 g/mol. The van der Waals surface area contributed by atoms with E-state index in [1.807, 2.05) is 0 Å². The molecule has 3 N–H and O–H groups in total. The molecule has 1 aromatic carbocycles. The van der Waals surface area contributed by atoms with Crippen molar-refractivity contribution in [1.82, 2.24) is 9.97 Å². The molecule has 0 radical (unpaired) electrons. The number of nitrogens with one attached hydrogen (secondary N) is 1. The van der Waals surface area contributed by atoms with E-state index in [1.165, 1.54) is 0 Å². The van der Waals surface area contributed by atoms with Crippen LogP contribution in [0.15, 0.2) is 18.2 Å². The summed E-state index contributed by atoms with van der Waals surface area (Å²) in [6, 6.07) is 5.17. The maximum absolute atomic E-state index is 12.2. The average molecular weight is 229 g/mol. The molecule has 2 rings (SSSR count). The summed E-state index contributed by atoms with van der Waals surface area (Å²) in [5.74, 6) is -0.0802. The number of aromatic amines is 1. The van der Waals surface area contributed by atoms with E-state index in [0.717, 1.165) is 5.56 Å². The van der Waals surface area contributed by atoms with E-state index in [9.17, 15) is 13.2 Å². The quantitative estimate of drug-likeness (QED) is 0.828. The van der Waals surface area contributed by atoms with Gasteiger partial charge in [0.2, 0.25) is 0 Å². The average Bonchev–Trinajstić information content (AvgIpc) is 2.56. The van der Waals surface area contributed by atoms with Gasteiger partial charge in [-0.3, -0.25) is 0 Å². The number of alkyl halides is 3. The smallest absolute Gasteiger partial charge is 0.342 e. The standard InChI is InChI=1S/C10H10F3N3/c11-10(12,13)4-8-15-7-3-1-2-6(5-14)9(7)16-8/h1-3H,4-5,14H2,(H,15,16). The van der Waals surface area contributed by atoms with Gasteiger partial charge < -0.3 is 10.7 Å². The van der Waals surface area contributed by atoms with E-state index in [0.29, 0.717) is 11.0 Å². The molecule has 6 heteroatoms. The number of nitrogens with zero attached hydrogens (tertiary/aromatic N) is 1. The number of para-hydroxylation sites is 1. The number of rotatable bonds is 2. The lowest BCUT2D eigenvalue weighted by atomic mass is 10.2. The number of aromatic nitrogens is 2. The van der Waals surface area contributed by atoms with E-state index >= 15 is 0 Å². The molecule has 0 fully saturated rings. The molecule has 0 unspecified atom stereocenters. The van der Waals surface area contributed by atoms with E-state index in [1.54, 1.807) is 18.2 Å². The molecule has 2 aromatic rings. The number of nitrogens with two attached hydrogens (primary N) is 1. The normalized spacial score (nSPS) is 12.2. The molecule has 0 aliphatic carbocycles. The van der Waals surface area contributed by atoms with Crippen LogP contribution in [-0.2, 0) is 13.0 Å². The highest BCUT2D eigenvalue weighted by atomic mass is 19.4. The summed E-state index contributed by atoms with van der Waals surface area (Å²) in [7, 11) is 0. The van der Waals surface area contributed by atoms with Gasteiger partial charge in [0.1, 0.15) is 12.2 Å². The van der Waals surface area contributed by atoms with Crippen LogP contribution < -0.4 is 5.73 Å². The van der Waals surface area contributed by atoms with Gasteiger partial charge in [-0.2, -0.15) is 13.2 Å². The van der Waals surface area contributed by atoms with Crippen LogP contribution in [0.2, 0.25) is 0 Å². The Labute approximate surface area is 89.5 Å². The number of H-pyrrole nitrogens is 1. The third-order valence-corrected chi connectivity index (χ3v) is 2.23. The summed E-state index contributed by atoms with van der Waals surface area (Å²) in [4.78, 5) is 6.55. The first kappa shape index (κ1) is 10.9. The zero-order valence-corrected chi connectivity index (χ0v) is 8.30. The Kier molecular flexibility index (Phi) is 2.59. The van der Waals surface area contributed by atoms with Crippen LogP contribution in [0, 0.1) is 0 Å². The predicted octanol–water partition coefficient (Wildman–Crippen LogP) is 2.13. The summed E-state index contributed by atoms with van der Waals surface area (Å²) in [5, 5.41) is 0. The van der Waals surface area contributed by atoms with Crippen molar-refractivity contribution in [1.29, 1.82) is 0 Å². The van der Waals surface area contributed by atoms with Crippen molar-refractivity contribution in [3.8, 4) is 0 Å². The van der Waals surface area contributed by atoms with Crippen LogP contribution in [0.25, 0.3) is 11.0 Å². The fourth-order valence-electron chi connectivity index (χ4n) is 1.58. The Morgan fingerprint density at radius 3 is 2.69 bits per heavy atom. The molecule has 0 saturated carbocycles. The number of fused-ring (bicyclic) bond motifs is 1. The molecule has 16 heavy (non-hydrogen) atoms. The van der Waals surface area contributed by atoms with E-state index in [2.05, 4.69) is 9.97 Å². The van der Waals surface area contributed by atoms with Crippen molar-refractivity contribution >= 4 is 11.0 Å². The Morgan fingerprint density at radius 1 is 1.31 bits per heavy atom. The van der Waals surface area contributed by atoms with Crippen LogP contribution in [0.3, 0.4) is 0 Å². The topological polar surface area (TPSA) is 54.7 Å². The molecular formula is C10H10F3N3. The van der Waals surface area contributed by atoms with Gasteiger partial charge in [0, 0.05) is 6.54 Å². The second-order valence-electron chi connectivity index (χ2n) is 3.49. The van der Waals surface area contributed by atoms with E-state index < -0.39 is 12.6 Å². The van der Waals surface area contributed by atoms with E-state index in [4.69, 9.17) is 5.73 Å². The van der Waals surface area contributed by atoms with Gasteiger partial charge in [0.15, 0.2) is 0 Å². The minimum atomic E-state index is -4.25. The van der Waals surface area contributed by atoms with E-state index in [-0.39, 0.29) is 12.4 Å². The first-order chi connectivity index (χ1) is 7.49. The highest BCUT2D eigenvalue weighted by Crippen LogP contribution is 2.22. The Bertz CT molecular complexity index is 501. The predicted molar refractivity (Wildman–Crippen MR) is 53.7 cm³/mol. The monoisotopic (exact) mass is 229 g/mol. The minimum absolute atomic E-state index is 0.0802. The molecule has 0 amide bonds. The number of halogens is 3. The van der Waals surface area contributed by atoms with Crippen LogP contribution in [0.1, 0.15) is 11.4 Å². The molecule has 0 saturated heterocycles.